The van der Waals surface area contributed by atoms with Crippen LogP contribution in [-0.4, -0.2) is 60.5 Å². The van der Waals surface area contributed by atoms with E-state index in [2.05, 4.69) is 48.2 Å². The van der Waals surface area contributed by atoms with Gasteiger partial charge in [-0.25, -0.2) is 0 Å². The molecule has 0 spiro atoms. The molecule has 1 aliphatic rings. The van der Waals surface area contributed by atoms with Crippen molar-refractivity contribution in [2.45, 2.75) is 39.3 Å². The lowest BCUT2D eigenvalue weighted by Crippen LogP contribution is -2.43. The monoisotopic (exact) mass is 400 g/mol. The van der Waals surface area contributed by atoms with E-state index in [1.807, 2.05) is 23.7 Å². The lowest BCUT2D eigenvalue weighted by Gasteiger charge is -2.35. The van der Waals surface area contributed by atoms with E-state index in [-0.39, 0.29) is 17.5 Å². The van der Waals surface area contributed by atoms with E-state index in [1.165, 1.54) is 0 Å². The molecule has 7 nitrogen and oxygen atoms in total. The minimum absolute atomic E-state index is 0.0757. The van der Waals surface area contributed by atoms with Crippen molar-refractivity contribution in [1.82, 2.24) is 20.0 Å². The molecule has 1 atom stereocenters. The Morgan fingerprint density at radius 2 is 1.90 bits per heavy atom. The molecule has 1 aromatic carbocycles. The van der Waals surface area contributed by atoms with Crippen molar-refractivity contribution >= 4 is 5.91 Å². The highest BCUT2D eigenvalue weighted by molar-refractivity contribution is 5.95. The Bertz CT molecular complexity index is 818. The van der Waals surface area contributed by atoms with Gasteiger partial charge in [-0.1, -0.05) is 12.1 Å². The maximum atomic E-state index is 12.9. The number of benzene rings is 1. The number of methoxy groups -OCH3 is 1. The molecule has 1 unspecified atom stereocenters. The largest absolute Gasteiger partial charge is 0.497 e. The van der Waals surface area contributed by atoms with E-state index in [4.69, 9.17) is 9.47 Å². The zero-order valence-electron chi connectivity index (χ0n) is 18.1. The van der Waals surface area contributed by atoms with Crippen LogP contribution in [0, 0.1) is 6.92 Å². The second-order valence-electron chi connectivity index (χ2n) is 8.37. The van der Waals surface area contributed by atoms with Crippen molar-refractivity contribution in [1.29, 1.82) is 0 Å². The minimum atomic E-state index is -0.165. The minimum Gasteiger partial charge on any atom is -0.497 e. The number of rotatable bonds is 6. The molecule has 2 heterocycles. The topological polar surface area (TPSA) is 68.6 Å². The van der Waals surface area contributed by atoms with Crippen LogP contribution in [0.4, 0.5) is 0 Å². The van der Waals surface area contributed by atoms with Gasteiger partial charge in [-0.05, 0) is 45.4 Å². The van der Waals surface area contributed by atoms with Gasteiger partial charge in [0.05, 0.1) is 43.7 Å². The smallest absolute Gasteiger partial charge is 0.254 e. The standard InChI is InChI=1S/C22H32N4O3/c1-16-19(14-24-26(16)22(2,3)4)21(27)23-15-20(25-10-12-29-13-11-25)17-6-8-18(28-5)9-7-17/h6-9,14,20H,10-13,15H2,1-5H3,(H,23,27). The van der Waals surface area contributed by atoms with Crippen LogP contribution < -0.4 is 10.1 Å². The predicted octanol–water partition coefficient (Wildman–Crippen LogP) is 2.76. The average molecular weight is 401 g/mol. The quantitative estimate of drug-likeness (QED) is 0.808. The predicted molar refractivity (Wildman–Crippen MR) is 112 cm³/mol. The fourth-order valence-electron chi connectivity index (χ4n) is 3.77. The van der Waals surface area contributed by atoms with Crippen LogP contribution in [0.15, 0.2) is 30.5 Å². The number of amides is 1. The number of carbonyl (C=O) groups excluding carboxylic acids is 1. The van der Waals surface area contributed by atoms with Crippen LogP contribution in [0.2, 0.25) is 0 Å². The molecule has 29 heavy (non-hydrogen) atoms. The second-order valence-corrected chi connectivity index (χ2v) is 8.37. The summed E-state index contributed by atoms with van der Waals surface area (Å²) in [7, 11) is 1.66. The van der Waals surface area contributed by atoms with Gasteiger partial charge in [-0.2, -0.15) is 5.10 Å². The van der Waals surface area contributed by atoms with Gasteiger partial charge < -0.3 is 14.8 Å². The lowest BCUT2D eigenvalue weighted by atomic mass is 10.0. The van der Waals surface area contributed by atoms with E-state index in [9.17, 15) is 4.79 Å². The number of aromatic nitrogens is 2. The fourth-order valence-corrected chi connectivity index (χ4v) is 3.77. The molecule has 1 aliphatic heterocycles. The van der Waals surface area contributed by atoms with Gasteiger partial charge in [-0.15, -0.1) is 0 Å². The summed E-state index contributed by atoms with van der Waals surface area (Å²) in [4.78, 5) is 15.3. The van der Waals surface area contributed by atoms with Gasteiger partial charge in [0.1, 0.15) is 5.75 Å². The SMILES string of the molecule is COc1ccc(C(CNC(=O)c2cnn(C(C)(C)C)c2C)N2CCOCC2)cc1. The Morgan fingerprint density at radius 1 is 1.24 bits per heavy atom. The van der Waals surface area contributed by atoms with Gasteiger partial charge in [0.25, 0.3) is 5.91 Å². The molecule has 158 valence electrons. The van der Waals surface area contributed by atoms with Gasteiger partial charge in [0.2, 0.25) is 0 Å². The van der Waals surface area contributed by atoms with Gasteiger partial charge in [0, 0.05) is 25.3 Å². The van der Waals surface area contributed by atoms with Crippen LogP contribution in [0.25, 0.3) is 0 Å². The van der Waals surface area contributed by atoms with Crippen molar-refractivity contribution in [2.24, 2.45) is 0 Å². The van der Waals surface area contributed by atoms with E-state index in [0.717, 1.165) is 30.1 Å². The molecule has 1 N–H and O–H groups in total. The highest BCUT2D eigenvalue weighted by Gasteiger charge is 2.25. The molecule has 1 saturated heterocycles. The van der Waals surface area contributed by atoms with E-state index in [0.29, 0.717) is 25.3 Å². The van der Waals surface area contributed by atoms with Crippen LogP contribution in [0.1, 0.15) is 48.4 Å². The molecule has 1 aromatic heterocycles. The fraction of sp³-hybridized carbons (Fsp3) is 0.545. The summed E-state index contributed by atoms with van der Waals surface area (Å²) in [6.07, 6.45) is 1.66. The van der Waals surface area contributed by atoms with Gasteiger partial charge >= 0.3 is 0 Å². The zero-order chi connectivity index (χ0) is 21.0. The van der Waals surface area contributed by atoms with Crippen LogP contribution in [0.3, 0.4) is 0 Å². The molecule has 0 radical (unpaired) electrons. The van der Waals surface area contributed by atoms with E-state index in [1.54, 1.807) is 13.3 Å². The number of ether oxygens (including phenoxy) is 2. The summed E-state index contributed by atoms with van der Waals surface area (Å²) in [5.41, 5.74) is 2.48. The summed E-state index contributed by atoms with van der Waals surface area (Å²) < 4.78 is 12.7. The van der Waals surface area contributed by atoms with Crippen molar-refractivity contribution in [3.8, 4) is 5.75 Å². The van der Waals surface area contributed by atoms with E-state index >= 15 is 0 Å². The first-order valence-corrected chi connectivity index (χ1v) is 10.1. The molecular formula is C22H32N4O3. The van der Waals surface area contributed by atoms with Crippen LogP contribution >= 0.6 is 0 Å². The Hall–Kier alpha value is -2.38. The summed E-state index contributed by atoms with van der Waals surface area (Å²) in [6.45, 7) is 11.8. The first kappa shape index (κ1) is 21.3. The van der Waals surface area contributed by atoms with Gasteiger partial charge in [0.15, 0.2) is 0 Å². The highest BCUT2D eigenvalue weighted by atomic mass is 16.5. The van der Waals surface area contributed by atoms with E-state index < -0.39 is 0 Å². The Labute approximate surface area is 173 Å². The number of nitrogens with zero attached hydrogens (tertiary/aromatic N) is 3. The number of hydrogen-bond acceptors (Lipinski definition) is 5. The highest BCUT2D eigenvalue weighted by Crippen LogP contribution is 2.24. The third-order valence-electron chi connectivity index (χ3n) is 5.33. The van der Waals surface area contributed by atoms with Crippen molar-refractivity contribution in [3.63, 3.8) is 0 Å². The van der Waals surface area contributed by atoms with Gasteiger partial charge in [-0.3, -0.25) is 14.4 Å². The maximum absolute atomic E-state index is 12.9. The molecular weight excluding hydrogens is 368 g/mol. The number of nitrogens with one attached hydrogen (secondary N) is 1. The molecule has 1 fully saturated rings. The normalized spacial score (nSPS) is 16.4. The molecule has 1 amide bonds. The summed E-state index contributed by atoms with van der Waals surface area (Å²) in [6, 6.07) is 8.12. The van der Waals surface area contributed by atoms with Crippen molar-refractivity contribution < 1.29 is 14.3 Å². The zero-order valence-corrected chi connectivity index (χ0v) is 18.1. The third-order valence-corrected chi connectivity index (χ3v) is 5.33. The molecule has 0 bridgehead atoms. The molecule has 0 saturated carbocycles. The van der Waals surface area contributed by atoms with Crippen LogP contribution in [0.5, 0.6) is 5.75 Å². The molecule has 7 heteroatoms. The Morgan fingerprint density at radius 3 is 2.45 bits per heavy atom. The first-order chi connectivity index (χ1) is 13.8. The first-order valence-electron chi connectivity index (χ1n) is 10.1. The summed E-state index contributed by atoms with van der Waals surface area (Å²) in [5.74, 6) is 0.730. The van der Waals surface area contributed by atoms with Crippen LogP contribution in [-0.2, 0) is 10.3 Å². The molecule has 3 rings (SSSR count). The second kappa shape index (κ2) is 8.97. The number of carbonyl (C=O) groups is 1. The number of hydrogen-bond donors (Lipinski definition) is 1. The van der Waals surface area contributed by atoms with Crippen molar-refractivity contribution in [3.05, 3.63) is 47.3 Å². The average Bonchev–Trinajstić information content (AvgIpc) is 3.11. The number of morpholine rings is 1. The summed E-state index contributed by atoms with van der Waals surface area (Å²) >= 11 is 0. The Kier molecular flexibility index (Phi) is 6.59. The van der Waals surface area contributed by atoms with Crippen molar-refractivity contribution in [2.75, 3.05) is 40.0 Å². The lowest BCUT2D eigenvalue weighted by molar-refractivity contribution is 0.0162. The summed E-state index contributed by atoms with van der Waals surface area (Å²) in [5, 5.41) is 7.54. The Balaban J connectivity index is 1.75. The third kappa shape index (κ3) is 4.97. The molecule has 0 aliphatic carbocycles. The maximum Gasteiger partial charge on any atom is 0.254 e. The molecule has 2 aromatic rings.